The van der Waals surface area contributed by atoms with Crippen molar-refractivity contribution in [2.45, 2.75) is 19.4 Å². The van der Waals surface area contributed by atoms with Gasteiger partial charge >= 0.3 is 0 Å². The van der Waals surface area contributed by atoms with Gasteiger partial charge in [0.15, 0.2) is 0 Å². The summed E-state index contributed by atoms with van der Waals surface area (Å²) in [6, 6.07) is 10.9. The molecule has 0 saturated carbocycles. The maximum atomic E-state index is 11.5. The fourth-order valence-electron chi connectivity index (χ4n) is 2.56. The molecular weight excluding hydrogens is 274 g/mol. The predicted molar refractivity (Wildman–Crippen MR) is 79.0 cm³/mol. The molecule has 3 nitrogen and oxygen atoms in total. The summed E-state index contributed by atoms with van der Waals surface area (Å²) in [6.07, 6.45) is -0.343. The van der Waals surface area contributed by atoms with E-state index in [0.717, 1.165) is 27.9 Å². The van der Waals surface area contributed by atoms with E-state index in [4.69, 9.17) is 11.6 Å². The molecule has 0 aromatic heterocycles. The monoisotopic (exact) mass is 287 g/mol. The SMILES string of the molecule is Cc1cc(C(O)c2ccc(Cl)cc2)cc2c1NC(=O)C2. The zero-order chi connectivity index (χ0) is 14.3. The molecule has 3 rings (SSSR count). The second kappa shape index (κ2) is 4.93. The lowest BCUT2D eigenvalue weighted by atomic mass is 9.96. The standard InChI is InChI=1S/C16H14ClNO2/c1-9-6-12(7-11-8-14(19)18-15(9)11)16(20)10-2-4-13(17)5-3-10/h2-7,16,20H,8H2,1H3,(H,18,19). The molecule has 1 aliphatic heterocycles. The number of aliphatic hydroxyl groups is 1. The molecule has 1 atom stereocenters. The lowest BCUT2D eigenvalue weighted by Gasteiger charge is -2.14. The van der Waals surface area contributed by atoms with E-state index >= 15 is 0 Å². The normalized spacial score (nSPS) is 14.8. The highest BCUT2D eigenvalue weighted by Gasteiger charge is 2.22. The van der Waals surface area contributed by atoms with Crippen molar-refractivity contribution < 1.29 is 9.90 Å². The number of carbonyl (C=O) groups excluding carboxylic acids is 1. The number of hydrogen-bond acceptors (Lipinski definition) is 2. The number of anilines is 1. The predicted octanol–water partition coefficient (Wildman–Crippen LogP) is 3.22. The van der Waals surface area contributed by atoms with Crippen LogP contribution < -0.4 is 5.32 Å². The Balaban J connectivity index is 1.99. The molecule has 20 heavy (non-hydrogen) atoms. The molecule has 0 radical (unpaired) electrons. The van der Waals surface area contributed by atoms with E-state index < -0.39 is 6.10 Å². The summed E-state index contributed by atoms with van der Waals surface area (Å²) in [5.74, 6) is 0.00114. The van der Waals surface area contributed by atoms with E-state index in [-0.39, 0.29) is 5.91 Å². The molecule has 2 N–H and O–H groups in total. The molecular formula is C16H14ClNO2. The molecule has 1 aliphatic rings. The number of carbonyl (C=O) groups is 1. The van der Waals surface area contributed by atoms with Crippen LogP contribution >= 0.6 is 11.6 Å². The number of hydrogen-bond donors (Lipinski definition) is 2. The van der Waals surface area contributed by atoms with Crippen LogP contribution in [-0.4, -0.2) is 11.0 Å². The third kappa shape index (κ3) is 2.30. The minimum atomic E-state index is -0.716. The summed E-state index contributed by atoms with van der Waals surface area (Å²) < 4.78 is 0. The maximum Gasteiger partial charge on any atom is 0.228 e. The summed E-state index contributed by atoms with van der Waals surface area (Å²) in [6.45, 7) is 1.93. The van der Waals surface area contributed by atoms with Crippen molar-refractivity contribution >= 4 is 23.2 Å². The van der Waals surface area contributed by atoms with Crippen molar-refractivity contribution in [3.8, 4) is 0 Å². The van der Waals surface area contributed by atoms with E-state index in [1.807, 2.05) is 19.1 Å². The number of halogens is 1. The molecule has 0 fully saturated rings. The van der Waals surface area contributed by atoms with Crippen molar-refractivity contribution in [2.24, 2.45) is 0 Å². The van der Waals surface area contributed by atoms with Crippen molar-refractivity contribution in [2.75, 3.05) is 5.32 Å². The molecule has 2 aromatic carbocycles. The average Bonchev–Trinajstić information content (AvgIpc) is 2.80. The molecule has 4 heteroatoms. The number of aliphatic hydroxyl groups excluding tert-OH is 1. The van der Waals surface area contributed by atoms with E-state index in [0.29, 0.717) is 11.4 Å². The summed E-state index contributed by atoms with van der Waals surface area (Å²) >= 11 is 5.85. The van der Waals surface area contributed by atoms with Crippen LogP contribution in [0.15, 0.2) is 36.4 Å². The van der Waals surface area contributed by atoms with E-state index in [1.54, 1.807) is 24.3 Å². The highest BCUT2D eigenvalue weighted by Crippen LogP contribution is 2.32. The van der Waals surface area contributed by atoms with E-state index in [1.165, 1.54) is 0 Å². The Hall–Kier alpha value is -1.84. The van der Waals surface area contributed by atoms with Crippen molar-refractivity contribution in [3.63, 3.8) is 0 Å². The molecule has 1 amide bonds. The van der Waals surface area contributed by atoms with Gasteiger partial charge in [0, 0.05) is 10.7 Å². The first-order valence-corrected chi connectivity index (χ1v) is 6.79. The van der Waals surface area contributed by atoms with Gasteiger partial charge in [0.1, 0.15) is 6.10 Å². The van der Waals surface area contributed by atoms with Gasteiger partial charge < -0.3 is 10.4 Å². The van der Waals surface area contributed by atoms with Crippen LogP contribution in [0.3, 0.4) is 0 Å². The first-order chi connectivity index (χ1) is 9.54. The molecule has 0 bridgehead atoms. The molecule has 0 saturated heterocycles. The minimum absolute atomic E-state index is 0.00114. The molecule has 102 valence electrons. The van der Waals surface area contributed by atoms with Gasteiger partial charge in [-0.15, -0.1) is 0 Å². The second-order valence-corrected chi connectivity index (χ2v) is 5.49. The van der Waals surface area contributed by atoms with Crippen molar-refractivity contribution in [1.82, 2.24) is 0 Å². The number of nitrogens with one attached hydrogen (secondary N) is 1. The van der Waals surface area contributed by atoms with Crippen LogP contribution in [-0.2, 0) is 11.2 Å². The molecule has 0 aliphatic carbocycles. The van der Waals surface area contributed by atoms with Crippen LogP contribution in [0.5, 0.6) is 0 Å². The highest BCUT2D eigenvalue weighted by atomic mass is 35.5. The summed E-state index contributed by atoms with van der Waals surface area (Å²) in [5.41, 5.74) is 4.36. The summed E-state index contributed by atoms with van der Waals surface area (Å²) in [7, 11) is 0. The Bertz CT molecular complexity index is 680. The Kier molecular flexibility index (Phi) is 3.24. The second-order valence-electron chi connectivity index (χ2n) is 5.05. The maximum absolute atomic E-state index is 11.5. The number of aryl methyl sites for hydroxylation is 1. The third-order valence-corrected chi connectivity index (χ3v) is 3.81. The first kappa shape index (κ1) is 13.2. The number of fused-ring (bicyclic) bond motifs is 1. The average molecular weight is 288 g/mol. The van der Waals surface area contributed by atoms with Gasteiger partial charge in [-0.2, -0.15) is 0 Å². The van der Waals surface area contributed by atoms with E-state index in [2.05, 4.69) is 5.32 Å². The Morgan fingerprint density at radius 2 is 1.90 bits per heavy atom. The van der Waals surface area contributed by atoms with Crippen LogP contribution in [0.1, 0.15) is 28.4 Å². The smallest absolute Gasteiger partial charge is 0.228 e. The van der Waals surface area contributed by atoms with Crippen molar-refractivity contribution in [1.29, 1.82) is 0 Å². The Morgan fingerprint density at radius 1 is 1.20 bits per heavy atom. The largest absolute Gasteiger partial charge is 0.384 e. The molecule has 2 aromatic rings. The first-order valence-electron chi connectivity index (χ1n) is 6.41. The fourth-order valence-corrected chi connectivity index (χ4v) is 2.69. The molecule has 1 heterocycles. The number of amides is 1. The summed E-state index contributed by atoms with van der Waals surface area (Å²) in [5, 5.41) is 13.9. The zero-order valence-electron chi connectivity index (χ0n) is 11.0. The number of benzene rings is 2. The molecule has 0 spiro atoms. The van der Waals surface area contributed by atoms with E-state index in [9.17, 15) is 9.90 Å². The van der Waals surface area contributed by atoms with Crippen LogP contribution in [0.25, 0.3) is 0 Å². The summed E-state index contributed by atoms with van der Waals surface area (Å²) in [4.78, 5) is 11.5. The minimum Gasteiger partial charge on any atom is -0.384 e. The van der Waals surface area contributed by atoms with Crippen LogP contribution in [0.2, 0.25) is 5.02 Å². The van der Waals surface area contributed by atoms with Gasteiger partial charge in [-0.25, -0.2) is 0 Å². The fraction of sp³-hybridized carbons (Fsp3) is 0.188. The quantitative estimate of drug-likeness (QED) is 0.891. The Labute approximate surface area is 122 Å². The van der Waals surface area contributed by atoms with Gasteiger partial charge in [0.25, 0.3) is 0 Å². The van der Waals surface area contributed by atoms with Crippen LogP contribution in [0.4, 0.5) is 5.69 Å². The zero-order valence-corrected chi connectivity index (χ0v) is 11.7. The van der Waals surface area contributed by atoms with Gasteiger partial charge in [0.2, 0.25) is 5.91 Å². The van der Waals surface area contributed by atoms with Gasteiger partial charge in [-0.05, 0) is 41.3 Å². The van der Waals surface area contributed by atoms with Gasteiger partial charge in [-0.3, -0.25) is 4.79 Å². The topological polar surface area (TPSA) is 49.3 Å². The lowest BCUT2D eigenvalue weighted by Crippen LogP contribution is -2.04. The van der Waals surface area contributed by atoms with Gasteiger partial charge in [-0.1, -0.05) is 35.9 Å². The third-order valence-electron chi connectivity index (χ3n) is 3.56. The van der Waals surface area contributed by atoms with Gasteiger partial charge in [0.05, 0.1) is 6.42 Å². The number of rotatable bonds is 2. The van der Waals surface area contributed by atoms with Crippen molar-refractivity contribution in [3.05, 3.63) is 63.7 Å². The lowest BCUT2D eigenvalue weighted by molar-refractivity contribution is -0.115. The highest BCUT2D eigenvalue weighted by molar-refractivity contribution is 6.30. The molecule has 1 unspecified atom stereocenters. The Morgan fingerprint density at radius 3 is 2.60 bits per heavy atom. The van der Waals surface area contributed by atoms with Crippen LogP contribution in [0, 0.1) is 6.92 Å².